The molecule has 1 amide bonds. The van der Waals surface area contributed by atoms with E-state index in [1.807, 2.05) is 54.6 Å². The molecule has 2 aromatic carbocycles. The van der Waals surface area contributed by atoms with Gasteiger partial charge in [-0.05, 0) is 43.7 Å². The molecule has 0 fully saturated rings. The summed E-state index contributed by atoms with van der Waals surface area (Å²) in [6, 6.07) is 17.3. The van der Waals surface area contributed by atoms with E-state index in [1.165, 1.54) is 5.56 Å². The van der Waals surface area contributed by atoms with Crippen LogP contribution in [0.3, 0.4) is 0 Å². The number of aliphatic hydroxyl groups excluding tert-OH is 1. The Labute approximate surface area is 173 Å². The van der Waals surface area contributed by atoms with Crippen molar-refractivity contribution in [2.24, 2.45) is 5.73 Å². The van der Waals surface area contributed by atoms with Crippen LogP contribution in [0.2, 0.25) is 0 Å². The van der Waals surface area contributed by atoms with Crippen LogP contribution < -0.4 is 15.2 Å². The first kappa shape index (κ1) is 22.7. The van der Waals surface area contributed by atoms with Crippen LogP contribution in [-0.2, 0) is 11.2 Å². The van der Waals surface area contributed by atoms with Crippen molar-refractivity contribution in [2.45, 2.75) is 26.4 Å². The number of hydrogen-bond donors (Lipinski definition) is 2. The topological polar surface area (TPSA) is 81.8 Å². The van der Waals surface area contributed by atoms with Crippen molar-refractivity contribution < 1.29 is 23.9 Å². The molecular formula is C23H33N2O4+. The van der Waals surface area contributed by atoms with E-state index < -0.39 is 12.0 Å². The average molecular weight is 402 g/mol. The number of para-hydroxylation sites is 1. The molecule has 0 saturated heterocycles. The third-order valence-electron chi connectivity index (χ3n) is 5.30. The van der Waals surface area contributed by atoms with Crippen LogP contribution in [-0.4, -0.2) is 61.0 Å². The van der Waals surface area contributed by atoms with Gasteiger partial charge in [0.2, 0.25) is 0 Å². The van der Waals surface area contributed by atoms with E-state index in [4.69, 9.17) is 15.2 Å². The largest absolute Gasteiger partial charge is 0.491 e. The second-order valence-electron chi connectivity index (χ2n) is 7.31. The zero-order valence-corrected chi connectivity index (χ0v) is 17.4. The van der Waals surface area contributed by atoms with Gasteiger partial charge in [-0.25, -0.2) is 0 Å². The standard InChI is InChI=1S/C23H32N2O4/c1-3-25(4-2,16-20(26)17-28-21-8-6-5-7-9-21)15-14-19-10-12-22(13-11-19)29-18-23(24)27/h5-13,20,26H,3-4,14-18H2,1-2H3,(H-,24,27)/p+1. The zero-order valence-electron chi connectivity index (χ0n) is 17.4. The van der Waals surface area contributed by atoms with Crippen LogP contribution in [0.4, 0.5) is 0 Å². The van der Waals surface area contributed by atoms with Crippen LogP contribution in [0.25, 0.3) is 0 Å². The quantitative estimate of drug-likeness (QED) is 0.505. The number of benzene rings is 2. The van der Waals surface area contributed by atoms with Crippen LogP contribution in [0.1, 0.15) is 19.4 Å². The normalized spacial score (nSPS) is 12.4. The van der Waals surface area contributed by atoms with E-state index in [9.17, 15) is 9.90 Å². The van der Waals surface area contributed by atoms with Crippen molar-refractivity contribution in [3.05, 3.63) is 60.2 Å². The molecule has 0 aliphatic rings. The second-order valence-corrected chi connectivity index (χ2v) is 7.31. The van der Waals surface area contributed by atoms with E-state index in [0.29, 0.717) is 12.3 Å². The molecule has 0 heterocycles. The minimum atomic E-state index is -0.528. The van der Waals surface area contributed by atoms with Gasteiger partial charge in [0.25, 0.3) is 5.91 Å². The summed E-state index contributed by atoms with van der Waals surface area (Å²) >= 11 is 0. The van der Waals surface area contributed by atoms with Gasteiger partial charge in [-0.1, -0.05) is 30.3 Å². The van der Waals surface area contributed by atoms with Gasteiger partial charge >= 0.3 is 0 Å². The molecule has 0 saturated carbocycles. The SMILES string of the molecule is CC[N+](CC)(CCc1ccc(OCC(N)=O)cc1)CC(O)COc1ccccc1. The summed E-state index contributed by atoms with van der Waals surface area (Å²) < 4.78 is 11.8. The first-order valence-electron chi connectivity index (χ1n) is 10.2. The fourth-order valence-corrected chi connectivity index (χ4v) is 3.37. The summed E-state index contributed by atoms with van der Waals surface area (Å²) in [4.78, 5) is 10.8. The lowest BCUT2D eigenvalue weighted by Crippen LogP contribution is -2.54. The molecule has 6 nitrogen and oxygen atoms in total. The smallest absolute Gasteiger partial charge is 0.255 e. The van der Waals surface area contributed by atoms with Crippen LogP contribution in [0, 0.1) is 0 Å². The molecule has 29 heavy (non-hydrogen) atoms. The van der Waals surface area contributed by atoms with Gasteiger partial charge in [-0.3, -0.25) is 4.79 Å². The highest BCUT2D eigenvalue weighted by Gasteiger charge is 2.27. The summed E-state index contributed by atoms with van der Waals surface area (Å²) in [6.45, 7) is 7.96. The molecule has 0 aromatic heterocycles. The maximum Gasteiger partial charge on any atom is 0.255 e. The summed E-state index contributed by atoms with van der Waals surface area (Å²) in [5.41, 5.74) is 6.29. The summed E-state index contributed by atoms with van der Waals surface area (Å²) in [7, 11) is 0. The zero-order chi connectivity index (χ0) is 21.1. The Kier molecular flexibility index (Phi) is 8.96. The number of nitrogens with two attached hydrogens (primary N) is 1. The molecule has 1 atom stereocenters. The third-order valence-corrected chi connectivity index (χ3v) is 5.30. The minimum absolute atomic E-state index is 0.117. The predicted octanol–water partition coefficient (Wildman–Crippen LogP) is 2.39. The number of carbonyl (C=O) groups excluding carboxylic acids is 1. The van der Waals surface area contributed by atoms with E-state index in [2.05, 4.69) is 13.8 Å². The number of rotatable bonds is 13. The van der Waals surface area contributed by atoms with Crippen molar-refractivity contribution in [2.75, 3.05) is 39.4 Å². The Morgan fingerprint density at radius 2 is 1.62 bits per heavy atom. The van der Waals surface area contributed by atoms with Gasteiger partial charge in [0.1, 0.15) is 30.8 Å². The lowest BCUT2D eigenvalue weighted by atomic mass is 10.1. The first-order chi connectivity index (χ1) is 14.0. The highest BCUT2D eigenvalue weighted by atomic mass is 16.5. The molecule has 0 spiro atoms. The van der Waals surface area contributed by atoms with E-state index in [-0.39, 0.29) is 13.2 Å². The molecule has 1 unspecified atom stereocenters. The van der Waals surface area contributed by atoms with E-state index in [1.54, 1.807) is 0 Å². The number of hydrogen-bond acceptors (Lipinski definition) is 4. The Bertz CT molecular complexity index is 730. The Morgan fingerprint density at radius 3 is 2.21 bits per heavy atom. The molecular weight excluding hydrogens is 368 g/mol. The van der Waals surface area contributed by atoms with Crippen molar-refractivity contribution in [1.82, 2.24) is 0 Å². The lowest BCUT2D eigenvalue weighted by molar-refractivity contribution is -0.927. The second kappa shape index (κ2) is 11.4. The molecule has 6 heteroatoms. The number of nitrogens with zero attached hydrogens (tertiary/aromatic N) is 1. The number of likely N-dealkylation sites (N-methyl/N-ethyl adjacent to an activating group) is 1. The number of carbonyl (C=O) groups is 1. The molecule has 0 radical (unpaired) electrons. The number of amides is 1. The van der Waals surface area contributed by atoms with Gasteiger partial charge in [0.15, 0.2) is 6.61 Å². The minimum Gasteiger partial charge on any atom is -0.491 e. The summed E-state index contributed by atoms with van der Waals surface area (Å²) in [5.74, 6) is 0.918. The number of aliphatic hydroxyl groups is 1. The Morgan fingerprint density at radius 1 is 1.00 bits per heavy atom. The van der Waals surface area contributed by atoms with Crippen LogP contribution in [0.15, 0.2) is 54.6 Å². The van der Waals surface area contributed by atoms with Gasteiger partial charge < -0.3 is 24.8 Å². The van der Waals surface area contributed by atoms with Crippen molar-refractivity contribution in [3.63, 3.8) is 0 Å². The third kappa shape index (κ3) is 7.75. The van der Waals surface area contributed by atoms with Crippen molar-refractivity contribution in [1.29, 1.82) is 0 Å². The molecule has 2 aromatic rings. The average Bonchev–Trinajstić information content (AvgIpc) is 2.75. The lowest BCUT2D eigenvalue weighted by Gasteiger charge is -2.38. The Hall–Kier alpha value is -2.57. The maximum atomic E-state index is 10.8. The monoisotopic (exact) mass is 401 g/mol. The predicted molar refractivity (Wildman–Crippen MR) is 114 cm³/mol. The van der Waals surface area contributed by atoms with Gasteiger partial charge in [0, 0.05) is 6.42 Å². The van der Waals surface area contributed by atoms with Gasteiger partial charge in [-0.15, -0.1) is 0 Å². The fraction of sp³-hybridized carbons (Fsp3) is 0.435. The molecule has 0 aliphatic heterocycles. The highest BCUT2D eigenvalue weighted by Crippen LogP contribution is 2.16. The van der Waals surface area contributed by atoms with Gasteiger partial charge in [-0.2, -0.15) is 0 Å². The Balaban J connectivity index is 1.87. The summed E-state index contributed by atoms with van der Waals surface area (Å²) in [5, 5.41) is 10.6. The molecule has 3 N–H and O–H groups in total. The first-order valence-corrected chi connectivity index (χ1v) is 10.2. The molecule has 0 bridgehead atoms. The summed E-state index contributed by atoms with van der Waals surface area (Å²) in [6.07, 6.45) is 0.365. The van der Waals surface area contributed by atoms with Crippen molar-refractivity contribution >= 4 is 5.91 Å². The number of ether oxygens (including phenoxy) is 2. The van der Waals surface area contributed by atoms with Crippen LogP contribution >= 0.6 is 0 Å². The molecule has 0 aliphatic carbocycles. The van der Waals surface area contributed by atoms with E-state index in [0.717, 1.165) is 36.3 Å². The van der Waals surface area contributed by atoms with Crippen molar-refractivity contribution in [3.8, 4) is 11.5 Å². The molecule has 2 rings (SSSR count). The van der Waals surface area contributed by atoms with Gasteiger partial charge in [0.05, 0.1) is 19.6 Å². The van der Waals surface area contributed by atoms with E-state index >= 15 is 0 Å². The number of primary amides is 1. The maximum absolute atomic E-state index is 10.8. The molecule has 158 valence electrons. The van der Waals surface area contributed by atoms with Crippen LogP contribution in [0.5, 0.6) is 11.5 Å². The number of quaternary nitrogens is 1. The highest BCUT2D eigenvalue weighted by molar-refractivity contribution is 5.75. The fourth-order valence-electron chi connectivity index (χ4n) is 3.37.